The van der Waals surface area contributed by atoms with Crippen LogP contribution in [-0.4, -0.2) is 22.4 Å². The van der Waals surface area contributed by atoms with Gasteiger partial charge in [-0.3, -0.25) is 9.69 Å². The fourth-order valence-corrected chi connectivity index (χ4v) is 3.63. The Balaban J connectivity index is 1.80. The smallest absolute Gasteiger partial charge is 0.323 e. The van der Waals surface area contributed by atoms with Gasteiger partial charge in [0.2, 0.25) is 0 Å². The second kappa shape index (κ2) is 6.09. The average molecular weight is 341 g/mol. The molecule has 6 heteroatoms. The molecule has 118 valence electrons. The van der Waals surface area contributed by atoms with Crippen LogP contribution in [0, 0.1) is 0 Å². The monoisotopic (exact) mass is 340 g/mol. The standard InChI is InChI=1S/C16H18Cl2N2O2/c17-12-6-5-11(9-13(12)18)10-20-14(21)16(19-15(20)22)7-3-1-2-4-8-16/h5-6,9H,1-4,7-8,10H2,(H,19,22). The maximum absolute atomic E-state index is 12.8. The van der Waals surface area contributed by atoms with Crippen LogP contribution in [-0.2, 0) is 11.3 Å². The van der Waals surface area contributed by atoms with Gasteiger partial charge < -0.3 is 5.32 Å². The number of carbonyl (C=O) groups is 2. The second-order valence-electron chi connectivity index (χ2n) is 6.07. The molecule has 1 aromatic rings. The first kappa shape index (κ1) is 15.6. The van der Waals surface area contributed by atoms with E-state index in [0.29, 0.717) is 10.0 Å². The zero-order valence-corrected chi connectivity index (χ0v) is 13.7. The van der Waals surface area contributed by atoms with Gasteiger partial charge in [0, 0.05) is 0 Å². The molecular formula is C16H18Cl2N2O2. The molecule has 2 aliphatic rings. The maximum atomic E-state index is 12.8. The zero-order chi connectivity index (χ0) is 15.7. The number of rotatable bonds is 2. The molecule has 1 aliphatic carbocycles. The first-order valence-electron chi connectivity index (χ1n) is 7.60. The Morgan fingerprint density at radius 3 is 2.36 bits per heavy atom. The third-order valence-corrected chi connectivity index (χ3v) is 5.27. The fourth-order valence-electron chi connectivity index (χ4n) is 3.31. The minimum Gasteiger partial charge on any atom is -0.323 e. The first-order valence-corrected chi connectivity index (χ1v) is 8.35. The van der Waals surface area contributed by atoms with Crippen molar-refractivity contribution in [1.29, 1.82) is 0 Å². The van der Waals surface area contributed by atoms with Crippen LogP contribution in [0.3, 0.4) is 0 Å². The topological polar surface area (TPSA) is 49.4 Å². The molecule has 3 rings (SSSR count). The van der Waals surface area contributed by atoms with Crippen LogP contribution < -0.4 is 5.32 Å². The minimum atomic E-state index is -0.691. The van der Waals surface area contributed by atoms with Crippen LogP contribution in [0.5, 0.6) is 0 Å². The van der Waals surface area contributed by atoms with E-state index in [9.17, 15) is 9.59 Å². The van der Waals surface area contributed by atoms with Gasteiger partial charge in [0.1, 0.15) is 5.54 Å². The molecule has 3 amide bonds. The lowest BCUT2D eigenvalue weighted by Crippen LogP contribution is -2.46. The second-order valence-corrected chi connectivity index (χ2v) is 6.88. The number of hydrogen-bond donors (Lipinski definition) is 1. The van der Waals surface area contributed by atoms with Gasteiger partial charge >= 0.3 is 6.03 Å². The van der Waals surface area contributed by atoms with E-state index in [1.54, 1.807) is 18.2 Å². The summed E-state index contributed by atoms with van der Waals surface area (Å²) in [5, 5.41) is 3.82. The third-order valence-electron chi connectivity index (χ3n) is 4.53. The molecule has 1 saturated carbocycles. The van der Waals surface area contributed by atoms with Gasteiger partial charge in [-0.25, -0.2) is 4.79 Å². The molecule has 4 nitrogen and oxygen atoms in total. The van der Waals surface area contributed by atoms with E-state index in [0.717, 1.165) is 44.1 Å². The van der Waals surface area contributed by atoms with Crippen molar-refractivity contribution in [3.63, 3.8) is 0 Å². The van der Waals surface area contributed by atoms with Crippen molar-refractivity contribution in [3.05, 3.63) is 33.8 Å². The molecule has 0 atom stereocenters. The first-order chi connectivity index (χ1) is 10.5. The average Bonchev–Trinajstić information content (AvgIpc) is 2.67. The molecule has 0 aromatic heterocycles. The molecule has 1 saturated heterocycles. The highest BCUT2D eigenvalue weighted by Gasteiger charge is 2.50. The SMILES string of the molecule is O=C1NC2(CCCCCC2)C(=O)N1Cc1ccc(Cl)c(Cl)c1. The highest BCUT2D eigenvalue weighted by Crippen LogP contribution is 2.33. The Labute approximate surface area is 139 Å². The summed E-state index contributed by atoms with van der Waals surface area (Å²) in [4.78, 5) is 26.3. The van der Waals surface area contributed by atoms with Crippen LogP contribution in [0.15, 0.2) is 18.2 Å². The van der Waals surface area contributed by atoms with Gasteiger partial charge in [-0.15, -0.1) is 0 Å². The Morgan fingerprint density at radius 2 is 1.73 bits per heavy atom. The van der Waals surface area contributed by atoms with Gasteiger partial charge in [0.15, 0.2) is 0 Å². The summed E-state index contributed by atoms with van der Waals surface area (Å²) in [7, 11) is 0. The summed E-state index contributed by atoms with van der Waals surface area (Å²) in [5.74, 6) is -0.106. The molecule has 1 aromatic carbocycles. The number of nitrogens with one attached hydrogen (secondary N) is 1. The number of hydrogen-bond acceptors (Lipinski definition) is 2. The van der Waals surface area contributed by atoms with Gasteiger partial charge in [0.05, 0.1) is 16.6 Å². The normalized spacial score (nSPS) is 21.1. The van der Waals surface area contributed by atoms with Crippen molar-refractivity contribution >= 4 is 35.1 Å². The van der Waals surface area contributed by atoms with E-state index >= 15 is 0 Å². The van der Waals surface area contributed by atoms with Crippen LogP contribution >= 0.6 is 23.2 Å². The molecule has 1 N–H and O–H groups in total. The highest BCUT2D eigenvalue weighted by molar-refractivity contribution is 6.42. The van der Waals surface area contributed by atoms with Crippen LogP contribution in [0.25, 0.3) is 0 Å². The van der Waals surface area contributed by atoms with E-state index in [1.807, 2.05) is 0 Å². The summed E-state index contributed by atoms with van der Waals surface area (Å²) < 4.78 is 0. The van der Waals surface area contributed by atoms with Crippen LogP contribution in [0.4, 0.5) is 4.79 Å². The molecule has 0 radical (unpaired) electrons. The van der Waals surface area contributed by atoms with Gasteiger partial charge in [-0.2, -0.15) is 0 Å². The number of urea groups is 1. The molecule has 22 heavy (non-hydrogen) atoms. The lowest BCUT2D eigenvalue weighted by molar-refractivity contribution is -0.132. The number of benzene rings is 1. The molecule has 2 fully saturated rings. The van der Waals surface area contributed by atoms with Crippen molar-refractivity contribution < 1.29 is 9.59 Å². The Bertz CT molecular complexity index is 610. The van der Waals surface area contributed by atoms with E-state index in [2.05, 4.69) is 5.32 Å². The molecule has 0 unspecified atom stereocenters. The van der Waals surface area contributed by atoms with E-state index < -0.39 is 5.54 Å². The molecular weight excluding hydrogens is 323 g/mol. The van der Waals surface area contributed by atoms with Crippen molar-refractivity contribution in [1.82, 2.24) is 10.2 Å². The highest BCUT2D eigenvalue weighted by atomic mass is 35.5. The van der Waals surface area contributed by atoms with Crippen molar-refractivity contribution in [2.75, 3.05) is 0 Å². The number of amides is 3. The Hall–Kier alpha value is -1.26. The quantitative estimate of drug-likeness (QED) is 0.822. The number of imide groups is 1. The number of nitrogens with zero attached hydrogens (tertiary/aromatic N) is 1. The predicted molar refractivity (Wildman–Crippen MR) is 86.0 cm³/mol. The Kier molecular flexibility index (Phi) is 4.33. The van der Waals surface area contributed by atoms with Crippen LogP contribution in [0.1, 0.15) is 44.1 Å². The minimum absolute atomic E-state index is 0.106. The van der Waals surface area contributed by atoms with Crippen molar-refractivity contribution in [3.8, 4) is 0 Å². The van der Waals surface area contributed by atoms with E-state index in [4.69, 9.17) is 23.2 Å². The van der Waals surface area contributed by atoms with Gasteiger partial charge in [0.25, 0.3) is 5.91 Å². The molecule has 1 spiro atoms. The van der Waals surface area contributed by atoms with Gasteiger partial charge in [-0.1, -0.05) is 55.0 Å². The predicted octanol–water partition coefficient (Wildman–Crippen LogP) is 4.14. The summed E-state index contributed by atoms with van der Waals surface area (Å²) in [5.41, 5.74) is 0.104. The third kappa shape index (κ3) is 2.82. The lowest BCUT2D eigenvalue weighted by atomic mass is 9.90. The van der Waals surface area contributed by atoms with E-state index in [1.165, 1.54) is 4.90 Å². The molecule has 0 bridgehead atoms. The molecule has 1 heterocycles. The number of halogens is 2. The van der Waals surface area contributed by atoms with Crippen molar-refractivity contribution in [2.24, 2.45) is 0 Å². The van der Waals surface area contributed by atoms with Crippen LogP contribution in [0.2, 0.25) is 10.0 Å². The summed E-state index contributed by atoms with van der Waals surface area (Å²) >= 11 is 11.9. The number of carbonyl (C=O) groups excluding carboxylic acids is 2. The van der Waals surface area contributed by atoms with E-state index in [-0.39, 0.29) is 18.5 Å². The largest absolute Gasteiger partial charge is 0.325 e. The maximum Gasteiger partial charge on any atom is 0.325 e. The summed E-state index contributed by atoms with van der Waals surface area (Å²) in [6.07, 6.45) is 5.67. The zero-order valence-electron chi connectivity index (χ0n) is 12.2. The lowest BCUT2D eigenvalue weighted by Gasteiger charge is -2.24. The Morgan fingerprint density at radius 1 is 1.05 bits per heavy atom. The van der Waals surface area contributed by atoms with Gasteiger partial charge in [-0.05, 0) is 30.5 Å². The van der Waals surface area contributed by atoms with Crippen molar-refractivity contribution in [2.45, 2.75) is 50.6 Å². The fraction of sp³-hybridized carbons (Fsp3) is 0.500. The molecule has 1 aliphatic heterocycles. The summed E-state index contributed by atoms with van der Waals surface area (Å²) in [6, 6.07) is 4.85. The summed E-state index contributed by atoms with van der Waals surface area (Å²) in [6.45, 7) is 0.226.